The molecule has 0 aromatic carbocycles. The Morgan fingerprint density at radius 1 is 1.24 bits per heavy atom. The number of nitrogens with two attached hydrogens (primary N) is 1. The summed E-state index contributed by atoms with van der Waals surface area (Å²) in [5, 5.41) is 4.46. The average molecular weight is 349 g/mol. The lowest BCUT2D eigenvalue weighted by Crippen LogP contribution is -2.09. The monoisotopic (exact) mass is 348 g/mol. The van der Waals surface area contributed by atoms with Gasteiger partial charge in [-0.05, 0) is 48.3 Å². The number of pyridine rings is 1. The molecule has 0 radical (unpaired) electrons. The number of aromatic nitrogens is 5. The summed E-state index contributed by atoms with van der Waals surface area (Å²) in [6.45, 7) is 5.71. The number of hydrogen-bond acceptors (Lipinski definition) is 4. The molecule has 0 saturated heterocycles. The van der Waals surface area contributed by atoms with E-state index < -0.39 is 0 Å². The Morgan fingerprint density at radius 3 is 2.76 bits per heavy atom. The third-order valence-electron chi connectivity index (χ3n) is 3.44. The lowest BCUT2D eigenvalue weighted by molar-refractivity contribution is 0.522. The predicted octanol–water partition coefficient (Wildman–Crippen LogP) is 2.68. The van der Waals surface area contributed by atoms with E-state index in [1.54, 1.807) is 6.20 Å². The first kappa shape index (κ1) is 14.1. The molecule has 0 saturated carbocycles. The van der Waals surface area contributed by atoms with Crippen LogP contribution in [0.4, 0.5) is 5.95 Å². The number of rotatable bonds is 4. The molecule has 6 nitrogen and oxygen atoms in total. The van der Waals surface area contributed by atoms with Crippen LogP contribution < -0.4 is 5.73 Å². The van der Waals surface area contributed by atoms with Crippen molar-refractivity contribution in [3.05, 3.63) is 34.2 Å². The van der Waals surface area contributed by atoms with E-state index >= 15 is 0 Å². The summed E-state index contributed by atoms with van der Waals surface area (Å²) in [7, 11) is 0. The number of nitrogen functional groups attached to an aromatic ring is 1. The van der Waals surface area contributed by atoms with E-state index in [9.17, 15) is 0 Å². The highest BCUT2D eigenvalue weighted by molar-refractivity contribution is 9.10. The first-order chi connectivity index (χ1) is 10.0. The molecule has 0 aliphatic rings. The van der Waals surface area contributed by atoms with Gasteiger partial charge in [-0.15, -0.1) is 0 Å². The van der Waals surface area contributed by atoms with Crippen LogP contribution in [-0.2, 0) is 13.1 Å². The van der Waals surface area contributed by atoms with E-state index in [2.05, 4.69) is 44.0 Å². The van der Waals surface area contributed by atoms with Gasteiger partial charge in [0.2, 0.25) is 5.95 Å². The van der Waals surface area contributed by atoms with Crippen LogP contribution in [0.5, 0.6) is 0 Å². The molecule has 0 fully saturated rings. The predicted molar refractivity (Wildman–Crippen MR) is 86.0 cm³/mol. The first-order valence-corrected chi connectivity index (χ1v) is 7.62. The number of aryl methyl sites for hydroxylation is 4. The second kappa shape index (κ2) is 5.48. The van der Waals surface area contributed by atoms with E-state index in [0.717, 1.165) is 40.8 Å². The van der Waals surface area contributed by atoms with Crippen molar-refractivity contribution >= 4 is 33.0 Å². The zero-order chi connectivity index (χ0) is 15.0. The highest BCUT2D eigenvalue weighted by Gasteiger charge is 2.10. The van der Waals surface area contributed by atoms with Gasteiger partial charge in [0.25, 0.3) is 0 Å². The van der Waals surface area contributed by atoms with Gasteiger partial charge < -0.3 is 5.73 Å². The van der Waals surface area contributed by atoms with Gasteiger partial charge in [0.1, 0.15) is 5.52 Å². The van der Waals surface area contributed by atoms with Crippen LogP contribution in [0.3, 0.4) is 0 Å². The lowest BCUT2D eigenvalue weighted by atomic mass is 10.3. The second-order valence-electron chi connectivity index (χ2n) is 5.12. The standard InChI is InChI=1S/C14H17BrN6/c1-9-6-10(2)21(19-9)5-3-4-20-13-12(18-14(20)16)7-11(15)8-17-13/h6-8H,3-5H2,1-2H3,(H2,16,18). The zero-order valence-corrected chi connectivity index (χ0v) is 13.6. The van der Waals surface area contributed by atoms with Gasteiger partial charge in [0.15, 0.2) is 5.65 Å². The maximum absolute atomic E-state index is 5.99. The highest BCUT2D eigenvalue weighted by Crippen LogP contribution is 2.20. The van der Waals surface area contributed by atoms with Crippen molar-refractivity contribution in [1.82, 2.24) is 24.3 Å². The van der Waals surface area contributed by atoms with Crippen molar-refractivity contribution in [2.45, 2.75) is 33.4 Å². The van der Waals surface area contributed by atoms with Gasteiger partial charge in [-0.2, -0.15) is 5.10 Å². The number of nitrogens with zero attached hydrogens (tertiary/aromatic N) is 5. The van der Waals surface area contributed by atoms with Crippen LogP contribution in [0.1, 0.15) is 17.8 Å². The number of halogens is 1. The van der Waals surface area contributed by atoms with Crippen LogP contribution in [0.15, 0.2) is 22.8 Å². The van der Waals surface area contributed by atoms with Gasteiger partial charge in [-0.3, -0.25) is 9.25 Å². The van der Waals surface area contributed by atoms with Gasteiger partial charge in [0, 0.05) is 29.5 Å². The van der Waals surface area contributed by atoms with Gasteiger partial charge in [0.05, 0.1) is 5.69 Å². The van der Waals surface area contributed by atoms with Crippen LogP contribution in [0.25, 0.3) is 11.2 Å². The molecule has 0 spiro atoms. The van der Waals surface area contributed by atoms with E-state index in [0.29, 0.717) is 5.95 Å². The van der Waals surface area contributed by atoms with Crippen molar-refractivity contribution in [2.24, 2.45) is 0 Å². The molecule has 7 heteroatoms. The Hall–Kier alpha value is -1.89. The normalized spacial score (nSPS) is 11.4. The maximum Gasteiger partial charge on any atom is 0.202 e. The van der Waals surface area contributed by atoms with Gasteiger partial charge in [-0.1, -0.05) is 0 Å². The molecule has 3 aromatic heterocycles. The molecule has 0 atom stereocenters. The van der Waals surface area contributed by atoms with Crippen LogP contribution >= 0.6 is 15.9 Å². The van der Waals surface area contributed by atoms with Gasteiger partial charge in [-0.25, -0.2) is 9.97 Å². The minimum Gasteiger partial charge on any atom is -0.369 e. The topological polar surface area (TPSA) is 74.5 Å². The molecule has 0 unspecified atom stereocenters. The second-order valence-corrected chi connectivity index (χ2v) is 6.04. The third kappa shape index (κ3) is 2.78. The Balaban J connectivity index is 1.76. The smallest absolute Gasteiger partial charge is 0.202 e. The first-order valence-electron chi connectivity index (χ1n) is 6.83. The molecule has 0 amide bonds. The third-order valence-corrected chi connectivity index (χ3v) is 3.87. The average Bonchev–Trinajstić information content (AvgIpc) is 2.89. The molecular formula is C14H17BrN6. The Labute approximate surface area is 131 Å². The van der Waals surface area contributed by atoms with E-state index in [1.165, 1.54) is 5.69 Å². The van der Waals surface area contributed by atoms with Crippen molar-refractivity contribution in [1.29, 1.82) is 0 Å². The fourth-order valence-corrected chi connectivity index (χ4v) is 2.82. The molecule has 2 N–H and O–H groups in total. The van der Waals surface area contributed by atoms with E-state index in [1.807, 2.05) is 22.2 Å². The largest absolute Gasteiger partial charge is 0.369 e. The van der Waals surface area contributed by atoms with Gasteiger partial charge >= 0.3 is 0 Å². The molecule has 0 bridgehead atoms. The quantitative estimate of drug-likeness (QED) is 0.786. The van der Waals surface area contributed by atoms with Crippen LogP contribution in [0, 0.1) is 13.8 Å². The molecular weight excluding hydrogens is 332 g/mol. The number of anilines is 1. The Kier molecular flexibility index (Phi) is 3.67. The molecule has 21 heavy (non-hydrogen) atoms. The van der Waals surface area contributed by atoms with Crippen molar-refractivity contribution < 1.29 is 0 Å². The molecule has 0 aliphatic heterocycles. The minimum atomic E-state index is 0.504. The van der Waals surface area contributed by atoms with Crippen LogP contribution in [0.2, 0.25) is 0 Å². The number of imidazole rings is 1. The summed E-state index contributed by atoms with van der Waals surface area (Å²) in [6.07, 6.45) is 2.69. The van der Waals surface area contributed by atoms with Crippen molar-refractivity contribution in [3.63, 3.8) is 0 Å². The fourth-order valence-electron chi connectivity index (χ4n) is 2.50. The Morgan fingerprint density at radius 2 is 2.05 bits per heavy atom. The number of hydrogen-bond donors (Lipinski definition) is 1. The van der Waals surface area contributed by atoms with Crippen LogP contribution in [-0.4, -0.2) is 24.3 Å². The molecule has 3 rings (SSSR count). The maximum atomic E-state index is 5.99. The lowest BCUT2D eigenvalue weighted by Gasteiger charge is -2.07. The summed E-state index contributed by atoms with van der Waals surface area (Å²) >= 11 is 3.40. The van der Waals surface area contributed by atoms with E-state index in [-0.39, 0.29) is 0 Å². The fraction of sp³-hybridized carbons (Fsp3) is 0.357. The van der Waals surface area contributed by atoms with Crippen molar-refractivity contribution in [2.75, 3.05) is 5.73 Å². The minimum absolute atomic E-state index is 0.504. The summed E-state index contributed by atoms with van der Waals surface area (Å²) in [5.41, 5.74) is 9.85. The summed E-state index contributed by atoms with van der Waals surface area (Å²) < 4.78 is 4.88. The summed E-state index contributed by atoms with van der Waals surface area (Å²) in [5.74, 6) is 0.504. The van der Waals surface area contributed by atoms with E-state index in [4.69, 9.17) is 5.73 Å². The SMILES string of the molecule is Cc1cc(C)n(CCCn2c(N)nc3cc(Br)cnc32)n1. The van der Waals surface area contributed by atoms with Crippen molar-refractivity contribution in [3.8, 4) is 0 Å². The highest BCUT2D eigenvalue weighted by atomic mass is 79.9. The Bertz CT molecular complexity index is 788. The molecule has 3 aromatic rings. The molecule has 0 aliphatic carbocycles. The zero-order valence-electron chi connectivity index (χ0n) is 12.0. The number of fused-ring (bicyclic) bond motifs is 1. The molecule has 3 heterocycles. The summed E-state index contributed by atoms with van der Waals surface area (Å²) in [4.78, 5) is 8.75. The summed E-state index contributed by atoms with van der Waals surface area (Å²) in [6, 6.07) is 4.01. The molecule has 110 valence electrons.